The standard InChI is InChI=1S/C17H13NO6/c19-14(13-10-12(18(21)22)3-5-15(13)20)4-1-11-2-6-16-17(9-11)24-8-7-23-16/h1-6,9-10,20H,7-8H2. The minimum atomic E-state index is -0.624. The molecule has 7 nitrogen and oxygen atoms in total. The maximum absolute atomic E-state index is 12.2. The van der Waals surface area contributed by atoms with Crippen LogP contribution in [0.2, 0.25) is 0 Å². The van der Waals surface area contributed by atoms with Gasteiger partial charge in [0.05, 0.1) is 10.5 Å². The first kappa shape index (κ1) is 15.5. The zero-order chi connectivity index (χ0) is 17.1. The summed E-state index contributed by atoms with van der Waals surface area (Å²) in [4.78, 5) is 22.3. The number of hydrogen-bond acceptors (Lipinski definition) is 6. The number of phenols is 1. The van der Waals surface area contributed by atoms with E-state index in [9.17, 15) is 20.0 Å². The molecule has 0 bridgehead atoms. The molecule has 2 aromatic rings. The van der Waals surface area contributed by atoms with Gasteiger partial charge in [0.2, 0.25) is 0 Å². The lowest BCUT2D eigenvalue weighted by Gasteiger charge is -2.18. The molecular weight excluding hydrogens is 314 g/mol. The lowest BCUT2D eigenvalue weighted by molar-refractivity contribution is -0.384. The van der Waals surface area contributed by atoms with Gasteiger partial charge in [-0.05, 0) is 29.8 Å². The van der Waals surface area contributed by atoms with Crippen molar-refractivity contribution >= 4 is 17.5 Å². The van der Waals surface area contributed by atoms with Crippen molar-refractivity contribution in [2.45, 2.75) is 0 Å². The van der Waals surface area contributed by atoms with Crippen LogP contribution in [0.25, 0.3) is 6.08 Å². The number of rotatable bonds is 4. The molecule has 0 aromatic heterocycles. The highest BCUT2D eigenvalue weighted by Crippen LogP contribution is 2.31. The molecule has 0 spiro atoms. The van der Waals surface area contributed by atoms with E-state index in [1.165, 1.54) is 6.08 Å². The molecule has 24 heavy (non-hydrogen) atoms. The number of carbonyl (C=O) groups excluding carboxylic acids is 1. The number of ether oxygens (including phenoxy) is 2. The first-order chi connectivity index (χ1) is 11.5. The van der Waals surface area contributed by atoms with Crippen LogP contribution < -0.4 is 9.47 Å². The molecule has 0 unspecified atom stereocenters. The highest BCUT2D eigenvalue weighted by molar-refractivity contribution is 6.09. The number of carbonyl (C=O) groups is 1. The molecule has 1 aliphatic heterocycles. The molecule has 0 radical (unpaired) electrons. The molecule has 3 rings (SSSR count). The summed E-state index contributed by atoms with van der Waals surface area (Å²) in [6.45, 7) is 0.952. The van der Waals surface area contributed by atoms with Crippen LogP contribution in [0.15, 0.2) is 42.5 Å². The zero-order valence-corrected chi connectivity index (χ0v) is 12.5. The molecule has 0 saturated heterocycles. The van der Waals surface area contributed by atoms with Crippen molar-refractivity contribution in [2.24, 2.45) is 0 Å². The van der Waals surface area contributed by atoms with Crippen LogP contribution in [-0.4, -0.2) is 29.0 Å². The molecular formula is C17H13NO6. The van der Waals surface area contributed by atoms with Gasteiger partial charge in [0.15, 0.2) is 17.3 Å². The largest absolute Gasteiger partial charge is 0.507 e. The smallest absolute Gasteiger partial charge is 0.270 e. The number of phenolic OH excluding ortho intramolecular Hbond substituents is 1. The number of non-ortho nitro benzene ring substituents is 1. The second-order valence-corrected chi connectivity index (χ2v) is 5.06. The van der Waals surface area contributed by atoms with Gasteiger partial charge in [-0.1, -0.05) is 12.1 Å². The fraction of sp³-hybridized carbons (Fsp3) is 0.118. The highest BCUT2D eigenvalue weighted by Gasteiger charge is 2.15. The van der Waals surface area contributed by atoms with Gasteiger partial charge in [0, 0.05) is 12.1 Å². The monoisotopic (exact) mass is 327 g/mol. The van der Waals surface area contributed by atoms with Gasteiger partial charge in [-0.2, -0.15) is 0 Å². The summed E-state index contributed by atoms with van der Waals surface area (Å²) in [5.74, 6) is 0.388. The quantitative estimate of drug-likeness (QED) is 0.401. The number of benzene rings is 2. The number of nitro benzene ring substituents is 1. The molecule has 0 fully saturated rings. The van der Waals surface area contributed by atoms with Crippen LogP contribution in [0, 0.1) is 10.1 Å². The Kier molecular flexibility index (Phi) is 4.15. The Morgan fingerprint density at radius 1 is 1.12 bits per heavy atom. The van der Waals surface area contributed by atoms with Crippen molar-refractivity contribution in [3.8, 4) is 17.2 Å². The van der Waals surface area contributed by atoms with Gasteiger partial charge in [-0.15, -0.1) is 0 Å². The van der Waals surface area contributed by atoms with Crippen LogP contribution in [0.4, 0.5) is 5.69 Å². The maximum Gasteiger partial charge on any atom is 0.270 e. The number of fused-ring (bicyclic) bond motifs is 1. The Bertz CT molecular complexity index is 843. The summed E-state index contributed by atoms with van der Waals surface area (Å²) in [5.41, 5.74) is 0.319. The van der Waals surface area contributed by atoms with Gasteiger partial charge >= 0.3 is 0 Å². The maximum atomic E-state index is 12.2. The molecule has 0 atom stereocenters. The molecule has 1 heterocycles. The Hall–Kier alpha value is -3.35. The number of hydrogen-bond donors (Lipinski definition) is 1. The van der Waals surface area contributed by atoms with E-state index in [1.807, 2.05) is 0 Å². The zero-order valence-electron chi connectivity index (χ0n) is 12.5. The predicted molar refractivity (Wildman–Crippen MR) is 85.6 cm³/mol. The van der Waals surface area contributed by atoms with Crippen LogP contribution in [0.1, 0.15) is 15.9 Å². The van der Waals surface area contributed by atoms with Gasteiger partial charge < -0.3 is 14.6 Å². The minimum absolute atomic E-state index is 0.127. The highest BCUT2D eigenvalue weighted by atomic mass is 16.6. The Labute approximate surface area is 136 Å². The average Bonchev–Trinajstić information content (AvgIpc) is 2.59. The third-order valence-corrected chi connectivity index (χ3v) is 3.45. The van der Waals surface area contributed by atoms with Gasteiger partial charge in [-0.3, -0.25) is 14.9 Å². The van der Waals surface area contributed by atoms with E-state index < -0.39 is 10.7 Å². The number of aromatic hydroxyl groups is 1. The van der Waals surface area contributed by atoms with E-state index in [2.05, 4.69) is 0 Å². The minimum Gasteiger partial charge on any atom is -0.507 e. The van der Waals surface area contributed by atoms with E-state index in [4.69, 9.17) is 9.47 Å². The number of nitrogens with zero attached hydrogens (tertiary/aromatic N) is 1. The third kappa shape index (κ3) is 3.19. The van der Waals surface area contributed by atoms with E-state index in [0.717, 1.165) is 18.2 Å². The van der Waals surface area contributed by atoms with Gasteiger partial charge in [0.25, 0.3) is 5.69 Å². The molecule has 0 saturated carbocycles. The fourth-order valence-electron chi connectivity index (χ4n) is 2.26. The summed E-state index contributed by atoms with van der Waals surface area (Å²) in [5, 5.41) is 20.5. The fourth-order valence-corrected chi connectivity index (χ4v) is 2.26. The molecule has 2 aromatic carbocycles. The third-order valence-electron chi connectivity index (χ3n) is 3.45. The molecule has 1 N–H and O–H groups in total. The first-order valence-corrected chi connectivity index (χ1v) is 7.14. The van der Waals surface area contributed by atoms with Crippen LogP contribution in [0.5, 0.6) is 17.2 Å². The normalized spacial score (nSPS) is 13.0. The van der Waals surface area contributed by atoms with E-state index in [0.29, 0.717) is 30.3 Å². The average molecular weight is 327 g/mol. The van der Waals surface area contributed by atoms with Crippen molar-refractivity contribution in [1.29, 1.82) is 0 Å². The van der Waals surface area contributed by atoms with Gasteiger partial charge in [0.1, 0.15) is 19.0 Å². The number of allylic oxidation sites excluding steroid dienone is 1. The molecule has 122 valence electrons. The Balaban J connectivity index is 1.83. The Morgan fingerprint density at radius 2 is 1.88 bits per heavy atom. The second kappa shape index (κ2) is 6.41. The van der Waals surface area contributed by atoms with Gasteiger partial charge in [-0.25, -0.2) is 0 Å². The summed E-state index contributed by atoms with van der Waals surface area (Å²) < 4.78 is 10.9. The molecule has 0 aliphatic carbocycles. The Morgan fingerprint density at radius 3 is 2.62 bits per heavy atom. The van der Waals surface area contributed by atoms with Crippen LogP contribution in [-0.2, 0) is 0 Å². The van der Waals surface area contributed by atoms with E-state index >= 15 is 0 Å². The molecule has 0 amide bonds. The summed E-state index contributed by atoms with van der Waals surface area (Å²) in [6, 6.07) is 8.53. The van der Waals surface area contributed by atoms with Crippen LogP contribution in [0.3, 0.4) is 0 Å². The SMILES string of the molecule is O=C(C=Cc1ccc2c(c1)OCCO2)c1cc([N+](=O)[O-])ccc1O. The molecule has 1 aliphatic rings. The molecule has 7 heteroatoms. The van der Waals surface area contributed by atoms with Crippen molar-refractivity contribution in [3.63, 3.8) is 0 Å². The first-order valence-electron chi connectivity index (χ1n) is 7.14. The van der Waals surface area contributed by atoms with Crippen molar-refractivity contribution < 1.29 is 24.3 Å². The van der Waals surface area contributed by atoms with E-state index in [1.54, 1.807) is 24.3 Å². The predicted octanol–water partition coefficient (Wildman–Crippen LogP) is 2.97. The lowest BCUT2D eigenvalue weighted by atomic mass is 10.1. The summed E-state index contributed by atoms with van der Waals surface area (Å²) in [6.07, 6.45) is 2.78. The lowest BCUT2D eigenvalue weighted by Crippen LogP contribution is -2.15. The van der Waals surface area contributed by atoms with Crippen molar-refractivity contribution in [2.75, 3.05) is 13.2 Å². The van der Waals surface area contributed by atoms with Crippen molar-refractivity contribution in [1.82, 2.24) is 0 Å². The summed E-state index contributed by atoms with van der Waals surface area (Å²) >= 11 is 0. The van der Waals surface area contributed by atoms with Crippen LogP contribution >= 0.6 is 0 Å². The van der Waals surface area contributed by atoms with Crippen molar-refractivity contribution in [3.05, 3.63) is 63.7 Å². The van der Waals surface area contributed by atoms with E-state index in [-0.39, 0.29) is 17.0 Å². The number of ketones is 1. The number of nitro groups is 1. The summed E-state index contributed by atoms with van der Waals surface area (Å²) in [7, 11) is 0. The second-order valence-electron chi connectivity index (χ2n) is 5.06. The topological polar surface area (TPSA) is 98.9 Å².